The fraction of sp³-hybridized carbons (Fsp3) is 0.438. The van der Waals surface area contributed by atoms with Crippen LogP contribution >= 0.6 is 0 Å². The number of nitrogens with zero attached hydrogens (tertiary/aromatic N) is 3. The maximum absolute atomic E-state index is 5.85. The number of anilines is 2. The molecule has 1 saturated carbocycles. The standard InChI is InChI=1S/C16H20N4/c17-12-1-4-14-15(11-12)18-6-5-16(14)20-9-7-19(8-10-20)13-2-3-13/h1,4-6,11,13H,2-3,7-10,17H2. The number of fused-ring (bicyclic) bond motifs is 1. The van der Waals surface area contributed by atoms with E-state index in [1.165, 1.54) is 37.0 Å². The van der Waals surface area contributed by atoms with Crippen LogP contribution in [0.1, 0.15) is 12.8 Å². The lowest BCUT2D eigenvalue weighted by molar-refractivity contribution is 0.248. The summed E-state index contributed by atoms with van der Waals surface area (Å²) in [6, 6.07) is 9.03. The number of hydrogen-bond donors (Lipinski definition) is 1. The summed E-state index contributed by atoms with van der Waals surface area (Å²) in [6.07, 6.45) is 4.69. The zero-order valence-corrected chi connectivity index (χ0v) is 11.6. The first-order valence-electron chi connectivity index (χ1n) is 7.44. The molecule has 2 heterocycles. The largest absolute Gasteiger partial charge is 0.399 e. The molecule has 2 N–H and O–H groups in total. The van der Waals surface area contributed by atoms with Crippen molar-refractivity contribution in [2.45, 2.75) is 18.9 Å². The van der Waals surface area contributed by atoms with Gasteiger partial charge in [0.2, 0.25) is 0 Å². The number of piperazine rings is 1. The molecule has 0 spiro atoms. The van der Waals surface area contributed by atoms with Gasteiger partial charge >= 0.3 is 0 Å². The van der Waals surface area contributed by atoms with Crippen molar-refractivity contribution in [3.8, 4) is 0 Å². The quantitative estimate of drug-likeness (QED) is 0.847. The zero-order chi connectivity index (χ0) is 13.5. The van der Waals surface area contributed by atoms with Gasteiger partial charge in [0.15, 0.2) is 0 Å². The SMILES string of the molecule is Nc1ccc2c(N3CCN(C4CC4)CC3)ccnc2c1. The molecule has 0 unspecified atom stereocenters. The summed E-state index contributed by atoms with van der Waals surface area (Å²) in [5, 5.41) is 1.21. The van der Waals surface area contributed by atoms with E-state index in [-0.39, 0.29) is 0 Å². The second-order valence-corrected chi connectivity index (χ2v) is 5.86. The van der Waals surface area contributed by atoms with Crippen LogP contribution in [-0.2, 0) is 0 Å². The first-order chi connectivity index (χ1) is 9.81. The van der Waals surface area contributed by atoms with Crippen LogP contribution in [0.5, 0.6) is 0 Å². The van der Waals surface area contributed by atoms with E-state index in [1.807, 2.05) is 18.3 Å². The van der Waals surface area contributed by atoms with Crippen LogP contribution in [0.3, 0.4) is 0 Å². The Balaban J connectivity index is 1.62. The Morgan fingerprint density at radius 1 is 1.05 bits per heavy atom. The summed E-state index contributed by atoms with van der Waals surface area (Å²) < 4.78 is 0. The second kappa shape index (κ2) is 4.63. The summed E-state index contributed by atoms with van der Waals surface area (Å²) in [7, 11) is 0. The highest BCUT2D eigenvalue weighted by molar-refractivity contribution is 5.93. The van der Waals surface area contributed by atoms with Crippen molar-refractivity contribution in [3.63, 3.8) is 0 Å². The molecule has 0 atom stereocenters. The molecular formula is C16H20N4. The molecule has 4 nitrogen and oxygen atoms in total. The van der Waals surface area contributed by atoms with Gasteiger partial charge < -0.3 is 10.6 Å². The highest BCUT2D eigenvalue weighted by Crippen LogP contribution is 2.31. The number of rotatable bonds is 2. The van der Waals surface area contributed by atoms with E-state index in [1.54, 1.807) is 0 Å². The Morgan fingerprint density at radius 3 is 2.60 bits per heavy atom. The Labute approximate surface area is 119 Å². The molecule has 104 valence electrons. The maximum Gasteiger partial charge on any atom is 0.0743 e. The van der Waals surface area contributed by atoms with E-state index < -0.39 is 0 Å². The molecular weight excluding hydrogens is 248 g/mol. The molecule has 0 radical (unpaired) electrons. The lowest BCUT2D eigenvalue weighted by atomic mass is 10.1. The van der Waals surface area contributed by atoms with Crippen LogP contribution in [0.15, 0.2) is 30.5 Å². The predicted octanol–water partition coefficient (Wildman–Crippen LogP) is 2.10. The fourth-order valence-electron chi connectivity index (χ4n) is 3.19. The van der Waals surface area contributed by atoms with E-state index in [0.717, 1.165) is 30.3 Å². The van der Waals surface area contributed by atoms with E-state index in [0.29, 0.717) is 0 Å². The molecule has 1 aliphatic heterocycles. The van der Waals surface area contributed by atoms with Crippen molar-refractivity contribution in [1.29, 1.82) is 0 Å². The van der Waals surface area contributed by atoms with E-state index >= 15 is 0 Å². The molecule has 0 bridgehead atoms. The Kier molecular flexibility index (Phi) is 2.77. The monoisotopic (exact) mass is 268 g/mol. The summed E-state index contributed by atoms with van der Waals surface area (Å²) in [4.78, 5) is 9.56. The second-order valence-electron chi connectivity index (χ2n) is 5.86. The number of benzene rings is 1. The number of hydrogen-bond acceptors (Lipinski definition) is 4. The van der Waals surface area contributed by atoms with Gasteiger partial charge in [-0.15, -0.1) is 0 Å². The van der Waals surface area contributed by atoms with E-state index in [4.69, 9.17) is 5.73 Å². The van der Waals surface area contributed by atoms with E-state index in [2.05, 4.69) is 26.9 Å². The third kappa shape index (κ3) is 2.10. The van der Waals surface area contributed by atoms with Crippen molar-refractivity contribution in [1.82, 2.24) is 9.88 Å². The van der Waals surface area contributed by atoms with Crippen LogP contribution in [0.2, 0.25) is 0 Å². The van der Waals surface area contributed by atoms with Gasteiger partial charge in [0.25, 0.3) is 0 Å². The molecule has 4 rings (SSSR count). The Hall–Kier alpha value is -1.81. The first kappa shape index (κ1) is 12.0. The van der Waals surface area contributed by atoms with Gasteiger partial charge in [-0.2, -0.15) is 0 Å². The van der Waals surface area contributed by atoms with Gasteiger partial charge in [0.1, 0.15) is 0 Å². The average Bonchev–Trinajstić information content (AvgIpc) is 3.31. The van der Waals surface area contributed by atoms with Gasteiger partial charge in [-0.1, -0.05) is 0 Å². The van der Waals surface area contributed by atoms with Crippen molar-refractivity contribution in [2.75, 3.05) is 36.8 Å². The summed E-state index contributed by atoms with van der Waals surface area (Å²) in [5.41, 5.74) is 8.92. The Bertz CT molecular complexity index is 627. The third-order valence-corrected chi connectivity index (χ3v) is 4.46. The minimum absolute atomic E-state index is 0.778. The van der Waals surface area contributed by atoms with Gasteiger partial charge in [0, 0.05) is 55.2 Å². The van der Waals surface area contributed by atoms with E-state index in [9.17, 15) is 0 Å². The molecule has 4 heteroatoms. The van der Waals surface area contributed by atoms with Gasteiger partial charge in [-0.25, -0.2) is 0 Å². The lowest BCUT2D eigenvalue weighted by Crippen LogP contribution is -2.47. The molecule has 2 aliphatic rings. The highest BCUT2D eigenvalue weighted by atomic mass is 15.3. The normalized spacial score (nSPS) is 20.5. The molecule has 20 heavy (non-hydrogen) atoms. The van der Waals surface area contributed by atoms with Crippen LogP contribution in [0.4, 0.5) is 11.4 Å². The molecule has 1 saturated heterocycles. The highest BCUT2D eigenvalue weighted by Gasteiger charge is 2.31. The van der Waals surface area contributed by atoms with Crippen LogP contribution in [0.25, 0.3) is 10.9 Å². The molecule has 1 aliphatic carbocycles. The van der Waals surface area contributed by atoms with Crippen molar-refractivity contribution in [3.05, 3.63) is 30.5 Å². The number of aromatic nitrogens is 1. The first-order valence-corrected chi connectivity index (χ1v) is 7.44. The smallest absolute Gasteiger partial charge is 0.0743 e. The topological polar surface area (TPSA) is 45.4 Å². The number of nitrogen functional groups attached to an aromatic ring is 1. The van der Waals surface area contributed by atoms with Crippen molar-refractivity contribution < 1.29 is 0 Å². The van der Waals surface area contributed by atoms with Crippen LogP contribution < -0.4 is 10.6 Å². The molecule has 0 amide bonds. The summed E-state index contributed by atoms with van der Waals surface area (Å²) in [6.45, 7) is 4.59. The fourth-order valence-corrected chi connectivity index (χ4v) is 3.19. The van der Waals surface area contributed by atoms with Gasteiger partial charge in [-0.3, -0.25) is 9.88 Å². The molecule has 2 aromatic rings. The number of pyridine rings is 1. The van der Waals surface area contributed by atoms with Gasteiger partial charge in [0.05, 0.1) is 5.52 Å². The summed E-state index contributed by atoms with van der Waals surface area (Å²) >= 11 is 0. The molecule has 2 fully saturated rings. The lowest BCUT2D eigenvalue weighted by Gasteiger charge is -2.36. The molecule has 1 aromatic heterocycles. The molecule has 1 aromatic carbocycles. The Morgan fingerprint density at radius 2 is 1.85 bits per heavy atom. The third-order valence-electron chi connectivity index (χ3n) is 4.46. The van der Waals surface area contributed by atoms with Gasteiger partial charge in [-0.05, 0) is 37.1 Å². The van der Waals surface area contributed by atoms with Crippen molar-refractivity contribution in [2.24, 2.45) is 0 Å². The van der Waals surface area contributed by atoms with Crippen molar-refractivity contribution >= 4 is 22.3 Å². The van der Waals surface area contributed by atoms with Crippen LogP contribution in [0, 0.1) is 0 Å². The predicted molar refractivity (Wildman–Crippen MR) is 83.0 cm³/mol. The van der Waals surface area contributed by atoms with Crippen LogP contribution in [-0.4, -0.2) is 42.1 Å². The number of nitrogens with two attached hydrogens (primary N) is 1. The maximum atomic E-state index is 5.85. The average molecular weight is 268 g/mol. The zero-order valence-electron chi connectivity index (χ0n) is 11.6. The minimum Gasteiger partial charge on any atom is -0.399 e. The summed E-state index contributed by atoms with van der Waals surface area (Å²) in [5.74, 6) is 0. The minimum atomic E-state index is 0.778.